The van der Waals surface area contributed by atoms with Crippen LogP contribution < -0.4 is 15.5 Å². The van der Waals surface area contributed by atoms with Crippen molar-refractivity contribution < 1.29 is 9.18 Å². The number of hydrogen-bond acceptors (Lipinski definition) is 6. The van der Waals surface area contributed by atoms with Gasteiger partial charge in [0.1, 0.15) is 6.67 Å². The minimum atomic E-state index is -0.320. The fraction of sp³-hybridized carbons (Fsp3) is 0.207. The Balaban J connectivity index is 1.37. The van der Waals surface area contributed by atoms with Crippen molar-refractivity contribution in [2.45, 2.75) is 0 Å². The first-order valence-electron chi connectivity index (χ1n) is 12.4. The third-order valence-electron chi connectivity index (χ3n) is 6.55. The van der Waals surface area contributed by atoms with E-state index >= 15 is 0 Å². The molecule has 0 radical (unpaired) electrons. The Morgan fingerprint density at radius 3 is 2.63 bits per heavy atom. The number of carbonyl (C=O) groups is 1. The molecule has 9 heteroatoms. The summed E-state index contributed by atoms with van der Waals surface area (Å²) in [6.45, 7) is 6.91. The molecule has 1 aliphatic rings. The number of amides is 1. The van der Waals surface area contributed by atoms with Gasteiger partial charge >= 0.3 is 0 Å². The van der Waals surface area contributed by atoms with Crippen LogP contribution in [-0.2, 0) is 4.79 Å². The van der Waals surface area contributed by atoms with E-state index in [-0.39, 0.29) is 12.6 Å². The number of anilines is 4. The molecule has 0 unspecified atom stereocenters. The lowest BCUT2D eigenvalue weighted by Gasteiger charge is -2.36. The number of halogens is 2. The molecule has 1 saturated heterocycles. The summed E-state index contributed by atoms with van der Waals surface area (Å²) < 4.78 is 12.6. The summed E-state index contributed by atoms with van der Waals surface area (Å²) in [5.74, 6) is 0.183. The van der Waals surface area contributed by atoms with E-state index in [4.69, 9.17) is 16.6 Å². The van der Waals surface area contributed by atoms with Gasteiger partial charge in [-0.2, -0.15) is 0 Å². The van der Waals surface area contributed by atoms with Crippen LogP contribution in [0.2, 0.25) is 5.02 Å². The summed E-state index contributed by atoms with van der Waals surface area (Å²) in [7, 11) is 0. The number of para-hydroxylation sites is 1. The molecule has 4 aromatic rings. The molecule has 0 spiro atoms. The summed E-state index contributed by atoms with van der Waals surface area (Å²) >= 11 is 6.66. The zero-order valence-electron chi connectivity index (χ0n) is 20.8. The van der Waals surface area contributed by atoms with Crippen molar-refractivity contribution in [3.05, 3.63) is 84.5 Å². The molecular weight excluding hydrogens is 503 g/mol. The maximum Gasteiger partial charge on any atom is 0.247 e. The number of aromatic nitrogens is 2. The van der Waals surface area contributed by atoms with Crippen LogP contribution >= 0.6 is 11.6 Å². The predicted octanol–water partition coefficient (Wildman–Crippen LogP) is 5.91. The zero-order valence-corrected chi connectivity index (χ0v) is 21.6. The maximum absolute atomic E-state index is 12.6. The van der Waals surface area contributed by atoms with Crippen LogP contribution in [0.4, 0.5) is 27.4 Å². The lowest BCUT2D eigenvalue weighted by molar-refractivity contribution is -0.111. The van der Waals surface area contributed by atoms with Crippen LogP contribution in [0.5, 0.6) is 0 Å². The summed E-state index contributed by atoms with van der Waals surface area (Å²) in [6, 6.07) is 19.3. The Hall–Kier alpha value is -4.01. The Kier molecular flexibility index (Phi) is 7.81. The van der Waals surface area contributed by atoms with Crippen LogP contribution in [0.3, 0.4) is 0 Å². The molecule has 38 heavy (non-hydrogen) atoms. The SMILES string of the molecule is C=CC(=O)Nc1cccc(-c2cccc3cnc(Nc4ccc(N5CCN(CCF)CC5)c(Cl)c4)nc23)c1. The van der Waals surface area contributed by atoms with Gasteiger partial charge in [0.05, 0.1) is 16.2 Å². The molecule has 1 amide bonds. The average molecular weight is 531 g/mol. The molecule has 5 rings (SSSR count). The fourth-order valence-corrected chi connectivity index (χ4v) is 4.91. The summed E-state index contributed by atoms with van der Waals surface area (Å²) in [4.78, 5) is 25.4. The van der Waals surface area contributed by atoms with Crippen LogP contribution in [0.15, 0.2) is 79.5 Å². The fourth-order valence-electron chi connectivity index (χ4n) is 4.61. The highest BCUT2D eigenvalue weighted by molar-refractivity contribution is 6.33. The van der Waals surface area contributed by atoms with Crippen molar-refractivity contribution in [3.8, 4) is 11.1 Å². The van der Waals surface area contributed by atoms with E-state index in [1.165, 1.54) is 6.08 Å². The second kappa shape index (κ2) is 11.6. The average Bonchev–Trinajstić information content (AvgIpc) is 2.93. The number of piperazine rings is 1. The second-order valence-electron chi connectivity index (χ2n) is 9.02. The highest BCUT2D eigenvalue weighted by Crippen LogP contribution is 2.32. The van der Waals surface area contributed by atoms with Gasteiger partial charge in [0.2, 0.25) is 11.9 Å². The first-order chi connectivity index (χ1) is 18.5. The van der Waals surface area contributed by atoms with Crippen molar-refractivity contribution in [1.29, 1.82) is 0 Å². The van der Waals surface area contributed by atoms with Gasteiger partial charge in [-0.3, -0.25) is 9.69 Å². The number of carbonyl (C=O) groups excluding carboxylic acids is 1. The van der Waals surface area contributed by atoms with Gasteiger partial charge in [0.25, 0.3) is 0 Å². The number of hydrogen-bond donors (Lipinski definition) is 2. The third kappa shape index (κ3) is 5.77. The number of nitrogens with one attached hydrogen (secondary N) is 2. The van der Waals surface area contributed by atoms with Gasteiger partial charge in [-0.1, -0.05) is 48.5 Å². The lowest BCUT2D eigenvalue weighted by atomic mass is 10.0. The monoisotopic (exact) mass is 530 g/mol. The van der Waals surface area contributed by atoms with E-state index in [1.807, 2.05) is 60.7 Å². The van der Waals surface area contributed by atoms with Crippen LogP contribution in [0, 0.1) is 0 Å². The zero-order chi connectivity index (χ0) is 26.5. The molecule has 1 aliphatic heterocycles. The molecule has 0 aliphatic carbocycles. The summed E-state index contributed by atoms with van der Waals surface area (Å²) in [5.41, 5.74) is 5.04. The molecule has 0 atom stereocenters. The van der Waals surface area contributed by atoms with Crippen LogP contribution in [-0.4, -0.2) is 60.2 Å². The van der Waals surface area contributed by atoms with Gasteiger partial charge in [-0.15, -0.1) is 0 Å². The molecule has 7 nitrogen and oxygen atoms in total. The predicted molar refractivity (Wildman–Crippen MR) is 153 cm³/mol. The third-order valence-corrected chi connectivity index (χ3v) is 6.86. The number of rotatable bonds is 8. The second-order valence-corrected chi connectivity index (χ2v) is 9.43. The van der Waals surface area contributed by atoms with E-state index in [2.05, 4.69) is 32.0 Å². The Morgan fingerprint density at radius 2 is 1.87 bits per heavy atom. The standard InChI is InChI=1S/C29H28ClFN6O/c1-2-27(38)33-22-7-3-5-20(17-22)24-8-4-6-21-19-32-29(35-28(21)24)34-23-9-10-26(25(30)18-23)37-15-13-36(12-11-31)14-16-37/h2-10,17-19H,1,11-16H2,(H,33,38)(H,32,34,35). The smallest absolute Gasteiger partial charge is 0.247 e. The quantitative estimate of drug-likeness (QED) is 0.276. The maximum atomic E-state index is 12.6. The van der Waals surface area contributed by atoms with E-state index in [0.717, 1.165) is 59.6 Å². The van der Waals surface area contributed by atoms with Crippen LogP contribution in [0.1, 0.15) is 0 Å². The van der Waals surface area contributed by atoms with Crippen molar-refractivity contribution in [1.82, 2.24) is 14.9 Å². The number of nitrogens with zero attached hydrogens (tertiary/aromatic N) is 4. The van der Waals surface area contributed by atoms with Crippen molar-refractivity contribution in [2.75, 3.05) is 54.9 Å². The molecule has 194 valence electrons. The normalized spacial score (nSPS) is 13.9. The molecule has 1 fully saturated rings. The van der Waals surface area contributed by atoms with Crippen LogP contribution in [0.25, 0.3) is 22.0 Å². The Labute approximate surface area is 226 Å². The first-order valence-corrected chi connectivity index (χ1v) is 12.8. The van der Waals surface area contributed by atoms with E-state index in [0.29, 0.717) is 23.2 Å². The molecule has 2 heterocycles. The van der Waals surface area contributed by atoms with Gasteiger partial charge in [0, 0.05) is 61.2 Å². The van der Waals surface area contributed by atoms with E-state index in [1.54, 1.807) is 6.20 Å². The summed E-state index contributed by atoms with van der Waals surface area (Å²) in [6.07, 6.45) is 3.02. The Morgan fingerprint density at radius 1 is 1.05 bits per heavy atom. The van der Waals surface area contributed by atoms with Crippen molar-refractivity contribution in [3.63, 3.8) is 0 Å². The van der Waals surface area contributed by atoms with E-state index < -0.39 is 0 Å². The minimum absolute atomic E-state index is 0.266. The molecule has 3 aromatic carbocycles. The first kappa shape index (κ1) is 25.6. The lowest BCUT2D eigenvalue weighted by Crippen LogP contribution is -2.47. The van der Waals surface area contributed by atoms with Gasteiger partial charge in [0.15, 0.2) is 0 Å². The molecule has 0 bridgehead atoms. The topological polar surface area (TPSA) is 73.4 Å². The minimum Gasteiger partial charge on any atom is -0.368 e. The van der Waals surface area contributed by atoms with Crippen molar-refractivity contribution in [2.24, 2.45) is 0 Å². The largest absolute Gasteiger partial charge is 0.368 e. The molecule has 2 N–H and O–H groups in total. The summed E-state index contributed by atoms with van der Waals surface area (Å²) in [5, 5.41) is 7.60. The van der Waals surface area contributed by atoms with Crippen molar-refractivity contribution >= 4 is 51.4 Å². The number of alkyl halides is 1. The van der Waals surface area contributed by atoms with Gasteiger partial charge in [-0.05, 0) is 42.0 Å². The van der Waals surface area contributed by atoms with E-state index in [9.17, 15) is 9.18 Å². The number of fused-ring (bicyclic) bond motifs is 1. The molecular formula is C29H28ClFN6O. The Bertz CT molecular complexity index is 1470. The highest BCUT2D eigenvalue weighted by Gasteiger charge is 2.19. The number of benzene rings is 3. The molecule has 0 saturated carbocycles. The van der Waals surface area contributed by atoms with Gasteiger partial charge < -0.3 is 15.5 Å². The van der Waals surface area contributed by atoms with Gasteiger partial charge in [-0.25, -0.2) is 14.4 Å². The highest BCUT2D eigenvalue weighted by atomic mass is 35.5. The molecule has 1 aromatic heterocycles.